The summed E-state index contributed by atoms with van der Waals surface area (Å²) in [4.78, 5) is 4.81. The fourth-order valence-electron chi connectivity index (χ4n) is 2.95. The number of anilines is 1. The zero-order chi connectivity index (χ0) is 18.1. The predicted octanol–water partition coefficient (Wildman–Crippen LogP) is 6.23. The van der Waals surface area contributed by atoms with Crippen molar-refractivity contribution < 1.29 is 0 Å². The minimum absolute atomic E-state index is 0.520. The highest BCUT2D eigenvalue weighted by atomic mass is 35.5. The Hall–Kier alpha value is -2.49. The van der Waals surface area contributed by atoms with Gasteiger partial charge in [0.1, 0.15) is 17.2 Å². The Bertz CT molecular complexity index is 1070. The van der Waals surface area contributed by atoms with Crippen molar-refractivity contribution in [3.8, 4) is 11.3 Å². The molecule has 0 unspecified atom stereocenters. The van der Waals surface area contributed by atoms with Crippen LogP contribution >= 0.6 is 23.2 Å². The second-order valence-corrected chi connectivity index (χ2v) is 7.03. The van der Waals surface area contributed by atoms with Crippen molar-refractivity contribution in [2.45, 2.75) is 13.5 Å². The van der Waals surface area contributed by atoms with Gasteiger partial charge in [0.15, 0.2) is 0 Å². The van der Waals surface area contributed by atoms with Gasteiger partial charge in [-0.2, -0.15) is 0 Å². The molecule has 5 heteroatoms. The molecule has 2 aromatic carbocycles. The highest BCUT2D eigenvalue weighted by molar-refractivity contribution is 6.42. The number of aryl methyl sites for hydroxylation is 1. The van der Waals surface area contributed by atoms with Gasteiger partial charge in [-0.1, -0.05) is 65.7 Å². The molecule has 130 valence electrons. The maximum absolute atomic E-state index is 6.23. The molecule has 0 spiro atoms. The molecule has 2 heterocycles. The molecule has 0 saturated heterocycles. The lowest BCUT2D eigenvalue weighted by molar-refractivity contribution is 1.08. The monoisotopic (exact) mass is 381 g/mol. The van der Waals surface area contributed by atoms with Crippen molar-refractivity contribution in [1.29, 1.82) is 0 Å². The largest absolute Gasteiger partial charge is 0.365 e. The number of aromatic nitrogens is 2. The van der Waals surface area contributed by atoms with E-state index in [1.54, 1.807) is 6.07 Å². The van der Waals surface area contributed by atoms with E-state index in [4.69, 9.17) is 28.2 Å². The van der Waals surface area contributed by atoms with Crippen LogP contribution < -0.4 is 5.32 Å². The van der Waals surface area contributed by atoms with Crippen LogP contribution in [0.15, 0.2) is 66.9 Å². The maximum atomic E-state index is 6.23. The van der Waals surface area contributed by atoms with Crippen LogP contribution in [-0.2, 0) is 6.54 Å². The Morgan fingerprint density at radius 2 is 1.77 bits per heavy atom. The summed E-state index contributed by atoms with van der Waals surface area (Å²) in [7, 11) is 0. The first-order valence-corrected chi connectivity index (χ1v) is 9.09. The van der Waals surface area contributed by atoms with Crippen LogP contribution in [0.4, 0.5) is 5.82 Å². The SMILES string of the molecule is Cc1ccc2nc(-c3ccc(Cl)c(Cl)c3)c(NCc3ccccc3)n2c1. The van der Waals surface area contributed by atoms with Crippen LogP contribution in [0, 0.1) is 6.92 Å². The predicted molar refractivity (Wildman–Crippen MR) is 109 cm³/mol. The van der Waals surface area contributed by atoms with Crippen LogP contribution in [0.25, 0.3) is 16.9 Å². The fourth-order valence-corrected chi connectivity index (χ4v) is 3.24. The minimum atomic E-state index is 0.520. The summed E-state index contributed by atoms with van der Waals surface area (Å²) in [6.45, 7) is 2.77. The quantitative estimate of drug-likeness (QED) is 0.453. The molecule has 0 aliphatic rings. The number of benzene rings is 2. The van der Waals surface area contributed by atoms with Crippen LogP contribution in [0.2, 0.25) is 10.0 Å². The third kappa shape index (κ3) is 3.28. The summed E-state index contributed by atoms with van der Waals surface area (Å²) in [5, 5.41) is 4.59. The normalized spacial score (nSPS) is 11.0. The first kappa shape index (κ1) is 17.0. The molecule has 26 heavy (non-hydrogen) atoms. The molecule has 0 bridgehead atoms. The van der Waals surface area contributed by atoms with Crippen molar-refractivity contribution in [2.24, 2.45) is 0 Å². The molecule has 0 amide bonds. The van der Waals surface area contributed by atoms with E-state index in [0.717, 1.165) is 22.7 Å². The van der Waals surface area contributed by atoms with E-state index in [-0.39, 0.29) is 0 Å². The average Bonchev–Trinajstić information content (AvgIpc) is 3.01. The van der Waals surface area contributed by atoms with E-state index < -0.39 is 0 Å². The van der Waals surface area contributed by atoms with Gasteiger partial charge in [-0.05, 0) is 36.2 Å². The summed E-state index contributed by atoms with van der Waals surface area (Å²) in [5.41, 5.74) is 5.03. The van der Waals surface area contributed by atoms with Crippen LogP contribution in [-0.4, -0.2) is 9.38 Å². The van der Waals surface area contributed by atoms with E-state index in [1.807, 2.05) is 36.4 Å². The van der Waals surface area contributed by atoms with Gasteiger partial charge in [0.05, 0.1) is 10.0 Å². The standard InChI is InChI=1S/C21H17Cl2N3/c1-14-7-10-19-25-20(16-8-9-17(22)18(23)11-16)21(26(19)13-14)24-12-15-5-3-2-4-6-15/h2-11,13,24H,12H2,1H3. The Morgan fingerprint density at radius 3 is 2.54 bits per heavy atom. The molecular formula is C21H17Cl2N3. The number of nitrogens with zero attached hydrogens (tertiary/aromatic N) is 2. The molecule has 4 aromatic rings. The zero-order valence-electron chi connectivity index (χ0n) is 14.2. The third-order valence-corrected chi connectivity index (χ3v) is 5.00. The second-order valence-electron chi connectivity index (χ2n) is 6.21. The highest BCUT2D eigenvalue weighted by Crippen LogP contribution is 2.33. The number of nitrogens with one attached hydrogen (secondary N) is 1. The number of imidazole rings is 1. The van der Waals surface area contributed by atoms with Crippen molar-refractivity contribution in [3.63, 3.8) is 0 Å². The maximum Gasteiger partial charge on any atom is 0.139 e. The average molecular weight is 382 g/mol. The lowest BCUT2D eigenvalue weighted by atomic mass is 10.1. The number of pyridine rings is 1. The van der Waals surface area contributed by atoms with Crippen molar-refractivity contribution in [3.05, 3.63) is 88.0 Å². The van der Waals surface area contributed by atoms with Crippen LogP contribution in [0.5, 0.6) is 0 Å². The van der Waals surface area contributed by atoms with Crippen LogP contribution in [0.1, 0.15) is 11.1 Å². The lowest BCUT2D eigenvalue weighted by Crippen LogP contribution is -2.03. The van der Waals surface area contributed by atoms with Gasteiger partial charge < -0.3 is 5.32 Å². The van der Waals surface area contributed by atoms with E-state index in [1.165, 1.54) is 11.1 Å². The van der Waals surface area contributed by atoms with E-state index in [2.05, 4.69) is 41.0 Å². The molecule has 0 fully saturated rings. The van der Waals surface area contributed by atoms with Crippen molar-refractivity contribution in [2.75, 3.05) is 5.32 Å². The third-order valence-electron chi connectivity index (χ3n) is 4.26. The van der Waals surface area contributed by atoms with Gasteiger partial charge in [0.25, 0.3) is 0 Å². The van der Waals surface area contributed by atoms with Gasteiger partial charge in [-0.25, -0.2) is 4.98 Å². The van der Waals surface area contributed by atoms with E-state index in [0.29, 0.717) is 16.6 Å². The van der Waals surface area contributed by atoms with E-state index in [9.17, 15) is 0 Å². The fraction of sp³-hybridized carbons (Fsp3) is 0.0952. The summed E-state index contributed by atoms with van der Waals surface area (Å²) in [5.74, 6) is 0.936. The van der Waals surface area contributed by atoms with Gasteiger partial charge in [-0.3, -0.25) is 4.40 Å². The van der Waals surface area contributed by atoms with Crippen molar-refractivity contribution in [1.82, 2.24) is 9.38 Å². The van der Waals surface area contributed by atoms with Crippen LogP contribution in [0.3, 0.4) is 0 Å². The Labute approximate surface area is 162 Å². The van der Waals surface area contributed by atoms with Gasteiger partial charge >= 0.3 is 0 Å². The smallest absolute Gasteiger partial charge is 0.139 e. The number of fused-ring (bicyclic) bond motifs is 1. The van der Waals surface area contributed by atoms with Gasteiger partial charge in [-0.15, -0.1) is 0 Å². The Morgan fingerprint density at radius 1 is 0.962 bits per heavy atom. The first-order chi connectivity index (χ1) is 12.6. The molecule has 0 radical (unpaired) electrons. The number of hydrogen-bond acceptors (Lipinski definition) is 2. The highest BCUT2D eigenvalue weighted by Gasteiger charge is 2.15. The zero-order valence-corrected chi connectivity index (χ0v) is 15.7. The van der Waals surface area contributed by atoms with Gasteiger partial charge in [0.2, 0.25) is 0 Å². The summed E-state index contributed by atoms with van der Waals surface area (Å²) in [6.07, 6.45) is 2.08. The second kappa shape index (κ2) is 7.02. The first-order valence-electron chi connectivity index (χ1n) is 8.34. The minimum Gasteiger partial charge on any atom is -0.365 e. The van der Waals surface area contributed by atoms with Gasteiger partial charge in [0, 0.05) is 18.3 Å². The lowest BCUT2D eigenvalue weighted by Gasteiger charge is -2.10. The molecule has 0 aliphatic carbocycles. The number of halogens is 2. The van der Waals surface area contributed by atoms with Crippen molar-refractivity contribution >= 4 is 34.7 Å². The summed E-state index contributed by atoms with van der Waals surface area (Å²) in [6, 6.07) is 20.0. The van der Waals surface area contributed by atoms with E-state index >= 15 is 0 Å². The Balaban J connectivity index is 1.82. The molecular weight excluding hydrogens is 365 g/mol. The molecule has 3 nitrogen and oxygen atoms in total. The molecule has 0 atom stereocenters. The molecule has 0 aliphatic heterocycles. The summed E-state index contributed by atoms with van der Waals surface area (Å²) < 4.78 is 2.08. The molecule has 2 aromatic heterocycles. The molecule has 0 saturated carbocycles. The Kier molecular flexibility index (Phi) is 4.58. The summed E-state index contributed by atoms with van der Waals surface area (Å²) >= 11 is 12.3. The molecule has 4 rings (SSSR count). The molecule has 1 N–H and O–H groups in total. The topological polar surface area (TPSA) is 29.3 Å². The number of hydrogen-bond donors (Lipinski definition) is 1. The number of rotatable bonds is 4.